The number of hydrogen-bond acceptors (Lipinski definition) is 5. The normalized spacial score (nSPS) is 12.3. The summed E-state index contributed by atoms with van der Waals surface area (Å²) in [6.45, 7) is 16.4. The molecule has 0 aliphatic rings. The number of allylic oxidation sites excluding steroid dienone is 7. The highest BCUT2D eigenvalue weighted by atomic mass is 32.1. The number of thiophene rings is 1. The van der Waals surface area contributed by atoms with E-state index in [9.17, 15) is 9.59 Å². The van der Waals surface area contributed by atoms with E-state index in [1.807, 2.05) is 38.1 Å². The number of carbonyl (C=O) groups is 2. The van der Waals surface area contributed by atoms with Crippen molar-refractivity contribution in [1.29, 1.82) is 0 Å². The molecule has 0 radical (unpaired) electrons. The summed E-state index contributed by atoms with van der Waals surface area (Å²) >= 11 is 5.05. The highest BCUT2D eigenvalue weighted by Crippen LogP contribution is 2.49. The first-order valence-corrected chi connectivity index (χ1v) is 14.8. The van der Waals surface area contributed by atoms with Crippen LogP contribution >= 0.6 is 31.9 Å². The highest BCUT2D eigenvalue weighted by molar-refractivity contribution is 7.96. The van der Waals surface area contributed by atoms with E-state index in [1.54, 1.807) is 14.2 Å². The van der Waals surface area contributed by atoms with E-state index < -0.39 is 7.92 Å². The van der Waals surface area contributed by atoms with E-state index in [2.05, 4.69) is 70.9 Å². The van der Waals surface area contributed by atoms with Gasteiger partial charge in [0.05, 0.1) is 44.3 Å². The van der Waals surface area contributed by atoms with Crippen molar-refractivity contribution in [2.45, 2.75) is 47.5 Å². The molecule has 192 valence electrons. The van der Waals surface area contributed by atoms with Crippen molar-refractivity contribution in [2.75, 3.05) is 20.9 Å². The van der Waals surface area contributed by atoms with Crippen LogP contribution in [0.4, 0.5) is 0 Å². The molecule has 0 spiro atoms. The molecule has 2 aromatic rings. The maximum absolute atomic E-state index is 12.0. The lowest BCUT2D eigenvalue weighted by Gasteiger charge is -2.06. The number of methoxy groups -OCH3 is 2. The third-order valence-corrected chi connectivity index (χ3v) is 8.96. The van der Waals surface area contributed by atoms with Gasteiger partial charge in [0.1, 0.15) is 0 Å². The van der Waals surface area contributed by atoms with E-state index in [1.165, 1.54) is 22.0 Å². The summed E-state index contributed by atoms with van der Waals surface area (Å²) in [6, 6.07) is 5.50. The van der Waals surface area contributed by atoms with Gasteiger partial charge >= 0.3 is 0 Å². The molecule has 0 N–H and O–H groups in total. The van der Waals surface area contributed by atoms with Crippen LogP contribution in [-0.4, -0.2) is 31.8 Å². The second-order valence-electron chi connectivity index (χ2n) is 6.99. The summed E-state index contributed by atoms with van der Waals surface area (Å²) in [7, 11) is 2.58. The smallest absolute Gasteiger partial charge is 0.186 e. The Bertz CT molecular complexity index is 1020. The average molecular weight is 536 g/mol. The van der Waals surface area contributed by atoms with Crippen molar-refractivity contribution in [3.05, 3.63) is 70.7 Å². The minimum Gasteiger partial charge on any atom is -0.493 e. The molecule has 0 saturated heterocycles. The monoisotopic (exact) mass is 535 g/mol. The largest absolute Gasteiger partial charge is 0.493 e. The van der Waals surface area contributed by atoms with Crippen molar-refractivity contribution in [2.24, 2.45) is 0 Å². The summed E-state index contributed by atoms with van der Waals surface area (Å²) < 4.78 is 11.4. The van der Waals surface area contributed by atoms with Crippen molar-refractivity contribution >= 4 is 52.9 Å². The Morgan fingerprint density at radius 3 is 2.03 bits per heavy atom. The van der Waals surface area contributed by atoms with Gasteiger partial charge in [-0.15, -0.1) is 24.0 Å². The lowest BCUT2D eigenvalue weighted by molar-refractivity contribution is -0.110. The summed E-state index contributed by atoms with van der Waals surface area (Å²) in [5.41, 5.74) is 0. The van der Waals surface area contributed by atoms with Crippen LogP contribution < -0.4 is 9.47 Å². The number of hydrogen-bond donors (Lipinski definition) is 1. The van der Waals surface area contributed by atoms with Crippen LogP contribution in [0.15, 0.2) is 65.8 Å². The van der Waals surface area contributed by atoms with Crippen LogP contribution in [-0.2, 0) is 4.79 Å². The number of rotatable bonds is 10. The first-order chi connectivity index (χ1) is 16.8. The predicted octanol–water partition coefficient (Wildman–Crippen LogP) is 8.76. The number of ether oxygens (including phenoxy) is 2. The van der Waals surface area contributed by atoms with E-state index in [-0.39, 0.29) is 23.7 Å². The molecular formula is C28H40O4PS2+. The summed E-state index contributed by atoms with van der Waals surface area (Å²) in [4.78, 5) is 23.4. The zero-order chi connectivity index (χ0) is 27.0. The number of fused-ring (bicyclic) bond motifs is 1. The zero-order valence-electron chi connectivity index (χ0n) is 22.2. The maximum atomic E-state index is 12.0. The summed E-state index contributed by atoms with van der Waals surface area (Å²) in [6.07, 6.45) is 11.0. The van der Waals surface area contributed by atoms with Crippen LogP contribution in [0.3, 0.4) is 0 Å². The SMILES string of the molecule is C=C/C(=C\C)[PH+](C)C(/C=C\C)=C/C.CC.COc1cc2cc(C(=O)CCC(=O)S)sc2cc1OC. The topological polar surface area (TPSA) is 52.6 Å². The van der Waals surface area contributed by atoms with Crippen LogP contribution in [0, 0.1) is 0 Å². The molecule has 1 aromatic heterocycles. The number of carbonyl (C=O) groups excluding carboxylic acids is 2. The van der Waals surface area contributed by atoms with Crippen LogP contribution in [0.5, 0.6) is 11.5 Å². The molecule has 1 atom stereocenters. The third kappa shape index (κ3) is 10.6. The molecule has 0 fully saturated rings. The zero-order valence-corrected chi connectivity index (χ0v) is 24.9. The molecule has 0 aliphatic carbocycles. The van der Waals surface area contributed by atoms with Crippen LogP contribution in [0.25, 0.3) is 10.1 Å². The van der Waals surface area contributed by atoms with E-state index >= 15 is 0 Å². The van der Waals surface area contributed by atoms with Crippen molar-refractivity contribution < 1.29 is 19.1 Å². The Kier molecular flexibility index (Phi) is 17.1. The van der Waals surface area contributed by atoms with Gasteiger partial charge in [0.2, 0.25) is 0 Å². The highest BCUT2D eigenvalue weighted by Gasteiger charge is 2.16. The number of Topliss-reactive ketones (excluding diaryl/α,β-unsaturated/α-hetero) is 1. The fourth-order valence-electron chi connectivity index (χ4n) is 3.12. The standard InChI is InChI=1S/C14H14O4S2.C12H19P.C2H6/c1-17-10-5-8-6-13(9(15)3-4-14(16)19)20-12(8)7-11(10)18-2;1-6-10-12(9-4)13(5)11(7-2)8-3;1-2/h5-7H,3-4H2,1-2H3,(H,16,19);6-10H,2H2,1,3-5H3;1-2H3/p+1/b;10-6-,11-8+,12-9+;. The molecule has 35 heavy (non-hydrogen) atoms. The molecule has 2 rings (SSSR count). The lowest BCUT2D eigenvalue weighted by Crippen LogP contribution is -1.98. The average Bonchev–Trinajstić information content (AvgIpc) is 3.30. The Hall–Kier alpha value is -2.14. The second kappa shape index (κ2) is 18.2. The number of ketones is 1. The Balaban J connectivity index is 0.000000672. The van der Waals surface area contributed by atoms with Crippen molar-refractivity contribution in [3.63, 3.8) is 0 Å². The van der Waals surface area contributed by atoms with E-state index in [0.29, 0.717) is 16.4 Å². The van der Waals surface area contributed by atoms with Gasteiger partial charge in [-0.25, -0.2) is 0 Å². The van der Waals surface area contributed by atoms with E-state index in [0.717, 1.165) is 10.1 Å². The molecule has 7 heteroatoms. The minimum absolute atomic E-state index is 0.0495. The predicted molar refractivity (Wildman–Crippen MR) is 161 cm³/mol. The first-order valence-electron chi connectivity index (χ1n) is 11.6. The molecule has 0 aliphatic heterocycles. The van der Waals surface area contributed by atoms with Gasteiger partial charge in [-0.05, 0) is 62.6 Å². The van der Waals surface area contributed by atoms with Gasteiger partial charge in [0.15, 0.2) is 22.4 Å². The van der Waals surface area contributed by atoms with Crippen molar-refractivity contribution in [3.8, 4) is 11.5 Å². The molecule has 4 nitrogen and oxygen atoms in total. The Morgan fingerprint density at radius 2 is 1.57 bits per heavy atom. The molecule has 0 bridgehead atoms. The van der Waals surface area contributed by atoms with Crippen LogP contribution in [0.1, 0.15) is 57.1 Å². The fraction of sp³-hybridized carbons (Fsp3) is 0.357. The molecule has 1 heterocycles. The van der Waals surface area contributed by atoms with Gasteiger partial charge < -0.3 is 9.47 Å². The molecule has 0 saturated carbocycles. The molecular weight excluding hydrogens is 495 g/mol. The van der Waals surface area contributed by atoms with Crippen molar-refractivity contribution in [1.82, 2.24) is 0 Å². The summed E-state index contributed by atoms with van der Waals surface area (Å²) in [5, 5.41) is 3.48. The number of benzene rings is 1. The van der Waals surface area contributed by atoms with Gasteiger partial charge in [-0.2, -0.15) is 0 Å². The maximum Gasteiger partial charge on any atom is 0.186 e. The Morgan fingerprint density at radius 1 is 1.00 bits per heavy atom. The second-order valence-corrected chi connectivity index (χ2v) is 11.0. The number of thiol groups is 1. The minimum atomic E-state index is -0.564. The lowest BCUT2D eigenvalue weighted by atomic mass is 10.1. The molecule has 1 unspecified atom stereocenters. The fourth-order valence-corrected chi connectivity index (χ4v) is 6.19. The first kappa shape index (κ1) is 32.9. The Labute approximate surface area is 222 Å². The molecule has 1 aromatic carbocycles. The van der Waals surface area contributed by atoms with Gasteiger partial charge in [0.25, 0.3) is 0 Å². The van der Waals surface area contributed by atoms with E-state index in [4.69, 9.17) is 9.47 Å². The molecule has 0 amide bonds. The van der Waals surface area contributed by atoms with Gasteiger partial charge in [0, 0.05) is 23.6 Å². The van der Waals surface area contributed by atoms with Gasteiger partial charge in [-0.1, -0.05) is 26.5 Å². The quantitative estimate of drug-likeness (QED) is 0.143. The van der Waals surface area contributed by atoms with Gasteiger partial charge in [-0.3, -0.25) is 9.59 Å². The summed E-state index contributed by atoms with van der Waals surface area (Å²) in [5.74, 6) is 1.21. The van der Waals surface area contributed by atoms with Crippen LogP contribution in [0.2, 0.25) is 0 Å². The third-order valence-electron chi connectivity index (χ3n) is 4.92.